The number of benzene rings is 2. The van der Waals surface area contributed by atoms with E-state index in [1.807, 2.05) is 65.5 Å². The number of aromatic nitrogens is 1. The summed E-state index contributed by atoms with van der Waals surface area (Å²) in [5, 5.41) is 14.9. The standard InChI is InChI=1S/C29H27N3O3/c1-20-8-10-21(11-9-20)19-34-31-25-6-5-7-26-28(25)27(22-12-14-23(33-2)15-13-22)24(18-30)29(35-26)32-16-3-4-17-32/h3-4,8-17,27H,5-7,19H2,1-2H3/b31-25-/t27-/m0/s1. The first-order chi connectivity index (χ1) is 17.2. The Bertz CT molecular complexity index is 1330. The van der Waals surface area contributed by atoms with E-state index in [2.05, 4.69) is 30.3 Å². The summed E-state index contributed by atoms with van der Waals surface area (Å²) in [5.74, 6) is 1.84. The van der Waals surface area contributed by atoms with Crippen LogP contribution in [0, 0.1) is 18.3 Å². The van der Waals surface area contributed by atoms with Gasteiger partial charge < -0.3 is 14.3 Å². The molecule has 0 saturated carbocycles. The van der Waals surface area contributed by atoms with Crippen LogP contribution in [0.5, 0.6) is 5.75 Å². The summed E-state index contributed by atoms with van der Waals surface area (Å²) in [4.78, 5) is 5.81. The number of hydrogen-bond donors (Lipinski definition) is 0. The predicted molar refractivity (Wildman–Crippen MR) is 134 cm³/mol. The fourth-order valence-electron chi connectivity index (χ4n) is 4.59. The fraction of sp³-hybridized carbons (Fsp3) is 0.241. The number of methoxy groups -OCH3 is 1. The molecular weight excluding hydrogens is 438 g/mol. The number of hydrogen-bond acceptors (Lipinski definition) is 5. The maximum absolute atomic E-state index is 10.3. The van der Waals surface area contributed by atoms with Gasteiger partial charge in [-0.25, -0.2) is 0 Å². The van der Waals surface area contributed by atoms with Gasteiger partial charge in [0.15, 0.2) is 0 Å². The molecule has 35 heavy (non-hydrogen) atoms. The molecule has 0 N–H and O–H groups in total. The molecule has 2 aliphatic rings. The smallest absolute Gasteiger partial charge is 0.218 e. The van der Waals surface area contributed by atoms with Crippen LogP contribution in [-0.4, -0.2) is 17.4 Å². The molecule has 6 heteroatoms. The van der Waals surface area contributed by atoms with Gasteiger partial charge in [0.2, 0.25) is 5.88 Å². The zero-order chi connectivity index (χ0) is 24.2. The topological polar surface area (TPSA) is 68.8 Å². The van der Waals surface area contributed by atoms with Gasteiger partial charge in [0.05, 0.1) is 18.7 Å². The molecule has 0 amide bonds. The summed E-state index contributed by atoms with van der Waals surface area (Å²) < 4.78 is 13.6. The third kappa shape index (κ3) is 4.58. The molecule has 1 aliphatic carbocycles. The van der Waals surface area contributed by atoms with E-state index in [0.717, 1.165) is 53.2 Å². The molecule has 6 nitrogen and oxygen atoms in total. The molecule has 176 valence electrons. The van der Waals surface area contributed by atoms with Crippen molar-refractivity contribution in [3.63, 3.8) is 0 Å². The molecule has 2 aromatic carbocycles. The highest BCUT2D eigenvalue weighted by Crippen LogP contribution is 2.46. The van der Waals surface area contributed by atoms with Gasteiger partial charge in [-0.2, -0.15) is 5.26 Å². The van der Waals surface area contributed by atoms with Gasteiger partial charge in [-0.3, -0.25) is 4.57 Å². The van der Waals surface area contributed by atoms with Crippen LogP contribution in [0.25, 0.3) is 5.88 Å². The Morgan fingerprint density at radius 2 is 1.80 bits per heavy atom. The maximum atomic E-state index is 10.3. The lowest BCUT2D eigenvalue weighted by Crippen LogP contribution is -2.26. The summed E-state index contributed by atoms with van der Waals surface area (Å²) in [6.45, 7) is 2.45. The first-order valence-corrected chi connectivity index (χ1v) is 11.7. The first-order valence-electron chi connectivity index (χ1n) is 11.7. The van der Waals surface area contributed by atoms with Gasteiger partial charge in [0.1, 0.15) is 29.8 Å². The van der Waals surface area contributed by atoms with Crippen LogP contribution in [0.3, 0.4) is 0 Å². The van der Waals surface area contributed by atoms with Crippen molar-refractivity contribution in [1.29, 1.82) is 5.26 Å². The van der Waals surface area contributed by atoms with Crippen molar-refractivity contribution < 1.29 is 14.3 Å². The van der Waals surface area contributed by atoms with Crippen LogP contribution in [-0.2, 0) is 16.2 Å². The lowest BCUT2D eigenvalue weighted by atomic mass is 9.77. The van der Waals surface area contributed by atoms with Crippen molar-refractivity contribution >= 4 is 11.6 Å². The van der Waals surface area contributed by atoms with E-state index >= 15 is 0 Å². The minimum Gasteiger partial charge on any atom is -0.497 e. The molecule has 0 spiro atoms. The summed E-state index contributed by atoms with van der Waals surface area (Å²) in [6, 6.07) is 22.3. The highest BCUT2D eigenvalue weighted by Gasteiger charge is 2.38. The van der Waals surface area contributed by atoms with E-state index in [1.165, 1.54) is 5.56 Å². The molecular formula is C29H27N3O3. The molecule has 1 aromatic heterocycles. The summed E-state index contributed by atoms with van der Waals surface area (Å²) in [7, 11) is 1.64. The van der Waals surface area contributed by atoms with E-state index < -0.39 is 0 Å². The number of ether oxygens (including phenoxy) is 2. The second-order valence-corrected chi connectivity index (χ2v) is 8.72. The van der Waals surface area contributed by atoms with Crippen LogP contribution in [0.4, 0.5) is 0 Å². The maximum Gasteiger partial charge on any atom is 0.218 e. The number of rotatable bonds is 6. The van der Waals surface area contributed by atoms with E-state index in [0.29, 0.717) is 18.1 Å². The quantitative estimate of drug-likeness (QED) is 0.399. The van der Waals surface area contributed by atoms with Crippen molar-refractivity contribution in [2.24, 2.45) is 5.16 Å². The van der Waals surface area contributed by atoms with Crippen molar-refractivity contribution in [3.8, 4) is 11.8 Å². The second-order valence-electron chi connectivity index (χ2n) is 8.72. The highest BCUT2D eigenvalue weighted by atomic mass is 16.6. The number of allylic oxidation sites excluding steroid dienone is 3. The molecule has 2 heterocycles. The molecule has 1 atom stereocenters. The van der Waals surface area contributed by atoms with Crippen LogP contribution >= 0.6 is 0 Å². The van der Waals surface area contributed by atoms with Crippen molar-refractivity contribution in [1.82, 2.24) is 4.57 Å². The third-order valence-corrected chi connectivity index (χ3v) is 6.39. The Morgan fingerprint density at radius 3 is 2.49 bits per heavy atom. The first kappa shape index (κ1) is 22.5. The van der Waals surface area contributed by atoms with Crippen LogP contribution < -0.4 is 4.74 Å². The van der Waals surface area contributed by atoms with Crippen LogP contribution in [0.15, 0.2) is 95.1 Å². The monoisotopic (exact) mass is 465 g/mol. The Morgan fingerprint density at radius 1 is 1.06 bits per heavy atom. The normalized spacial score (nSPS) is 18.7. The zero-order valence-corrected chi connectivity index (χ0v) is 19.9. The average Bonchev–Trinajstić information content (AvgIpc) is 3.44. The van der Waals surface area contributed by atoms with Gasteiger partial charge in [-0.15, -0.1) is 0 Å². The van der Waals surface area contributed by atoms with Gasteiger partial charge in [0, 0.05) is 24.4 Å². The SMILES string of the molecule is COc1ccc([C@H]2C(C#N)=C(n3cccc3)OC3=C2/C(=N\OCc2ccc(C)cc2)CCC3)cc1. The van der Waals surface area contributed by atoms with E-state index in [9.17, 15) is 5.26 Å². The highest BCUT2D eigenvalue weighted by molar-refractivity contribution is 6.04. The van der Waals surface area contributed by atoms with Gasteiger partial charge >= 0.3 is 0 Å². The third-order valence-electron chi connectivity index (χ3n) is 6.39. The molecule has 0 unspecified atom stereocenters. The van der Waals surface area contributed by atoms with Crippen LogP contribution in [0.1, 0.15) is 41.9 Å². The van der Waals surface area contributed by atoms with E-state index in [4.69, 9.17) is 14.3 Å². The number of nitrogens with zero attached hydrogens (tertiary/aromatic N) is 3. The number of aryl methyl sites for hydroxylation is 1. The lowest BCUT2D eigenvalue weighted by molar-refractivity contribution is 0.129. The van der Waals surface area contributed by atoms with Gasteiger partial charge in [0.25, 0.3) is 0 Å². The van der Waals surface area contributed by atoms with Gasteiger partial charge in [-0.05, 0) is 55.2 Å². The number of nitriles is 1. The Balaban J connectivity index is 1.55. The second kappa shape index (κ2) is 9.94. The average molecular weight is 466 g/mol. The van der Waals surface area contributed by atoms with Crippen molar-refractivity contribution in [3.05, 3.63) is 107 Å². The molecule has 0 bridgehead atoms. The molecule has 0 saturated heterocycles. The number of oxime groups is 1. The molecule has 5 rings (SSSR count). The summed E-state index contributed by atoms with van der Waals surface area (Å²) in [5.41, 5.74) is 5.55. The van der Waals surface area contributed by atoms with Crippen molar-refractivity contribution in [2.45, 2.75) is 38.7 Å². The zero-order valence-electron chi connectivity index (χ0n) is 19.9. The van der Waals surface area contributed by atoms with Gasteiger partial charge in [-0.1, -0.05) is 47.1 Å². The Hall–Kier alpha value is -4.24. The van der Waals surface area contributed by atoms with Crippen molar-refractivity contribution in [2.75, 3.05) is 7.11 Å². The molecule has 3 aromatic rings. The molecule has 0 radical (unpaired) electrons. The predicted octanol–water partition coefficient (Wildman–Crippen LogP) is 6.32. The lowest BCUT2D eigenvalue weighted by Gasteiger charge is -2.33. The summed E-state index contributed by atoms with van der Waals surface area (Å²) >= 11 is 0. The molecule has 0 fully saturated rings. The fourth-order valence-corrected chi connectivity index (χ4v) is 4.59. The Labute approximate surface area is 205 Å². The minimum atomic E-state index is -0.311. The molecule has 1 aliphatic heterocycles. The van der Waals surface area contributed by atoms with E-state index in [1.54, 1.807) is 7.11 Å². The largest absolute Gasteiger partial charge is 0.497 e. The van der Waals surface area contributed by atoms with E-state index in [-0.39, 0.29) is 5.92 Å². The Kier molecular flexibility index (Phi) is 6.40. The van der Waals surface area contributed by atoms with Crippen LogP contribution in [0.2, 0.25) is 0 Å². The summed E-state index contributed by atoms with van der Waals surface area (Å²) in [6.07, 6.45) is 6.24. The minimum absolute atomic E-state index is 0.311.